The van der Waals surface area contributed by atoms with Crippen LogP contribution in [0.25, 0.3) is 5.69 Å². The molecular formula is C21H17N5O3. The van der Waals surface area contributed by atoms with E-state index in [2.05, 4.69) is 20.9 Å². The summed E-state index contributed by atoms with van der Waals surface area (Å²) < 4.78 is 6.53. The number of nitrogens with one attached hydrogen (secondary N) is 2. The van der Waals surface area contributed by atoms with Gasteiger partial charge in [0.2, 0.25) is 0 Å². The molecule has 2 heterocycles. The second-order valence-corrected chi connectivity index (χ2v) is 6.26. The summed E-state index contributed by atoms with van der Waals surface area (Å²) in [4.78, 5) is 24.6. The van der Waals surface area contributed by atoms with E-state index in [0.717, 1.165) is 5.69 Å². The zero-order valence-corrected chi connectivity index (χ0v) is 15.5. The lowest BCUT2D eigenvalue weighted by Crippen LogP contribution is -2.14. The first kappa shape index (κ1) is 18.2. The van der Waals surface area contributed by atoms with Gasteiger partial charge in [0.1, 0.15) is 11.3 Å². The SMILES string of the molecule is Cc1oncc1C(=O)Nc1ccc(NC(=O)c2ccn(-c3ccccc3)n2)cc1. The highest BCUT2D eigenvalue weighted by Crippen LogP contribution is 2.17. The first-order valence-electron chi connectivity index (χ1n) is 8.85. The van der Waals surface area contributed by atoms with E-state index in [-0.39, 0.29) is 11.8 Å². The van der Waals surface area contributed by atoms with Crippen LogP contribution in [-0.2, 0) is 0 Å². The molecule has 8 heteroatoms. The van der Waals surface area contributed by atoms with E-state index < -0.39 is 0 Å². The van der Waals surface area contributed by atoms with E-state index in [4.69, 9.17) is 4.52 Å². The van der Waals surface area contributed by atoms with Crippen molar-refractivity contribution in [3.05, 3.63) is 90.1 Å². The molecule has 0 fully saturated rings. The molecule has 4 aromatic rings. The Labute approximate surface area is 166 Å². The van der Waals surface area contributed by atoms with Crippen molar-refractivity contribution in [1.29, 1.82) is 0 Å². The summed E-state index contributed by atoms with van der Waals surface area (Å²) >= 11 is 0. The molecule has 144 valence electrons. The summed E-state index contributed by atoms with van der Waals surface area (Å²) in [6.45, 7) is 1.67. The molecule has 0 bridgehead atoms. The summed E-state index contributed by atoms with van der Waals surface area (Å²) in [5.74, 6) is -0.190. The van der Waals surface area contributed by atoms with Gasteiger partial charge in [0, 0.05) is 17.6 Å². The monoisotopic (exact) mass is 387 g/mol. The van der Waals surface area contributed by atoms with E-state index in [0.29, 0.717) is 28.4 Å². The maximum absolute atomic E-state index is 12.4. The van der Waals surface area contributed by atoms with Crippen molar-refractivity contribution in [1.82, 2.24) is 14.9 Å². The lowest BCUT2D eigenvalue weighted by atomic mass is 10.2. The molecule has 2 aromatic carbocycles. The first-order valence-corrected chi connectivity index (χ1v) is 8.85. The van der Waals surface area contributed by atoms with Gasteiger partial charge in [-0.25, -0.2) is 4.68 Å². The second kappa shape index (κ2) is 7.81. The largest absolute Gasteiger partial charge is 0.361 e. The van der Waals surface area contributed by atoms with Crippen LogP contribution in [0.4, 0.5) is 11.4 Å². The first-order chi connectivity index (χ1) is 14.1. The number of nitrogens with zero attached hydrogens (tertiary/aromatic N) is 3. The van der Waals surface area contributed by atoms with E-state index in [9.17, 15) is 9.59 Å². The number of aryl methyl sites for hydroxylation is 1. The predicted molar refractivity (Wildman–Crippen MR) is 107 cm³/mol. The average Bonchev–Trinajstić information content (AvgIpc) is 3.39. The summed E-state index contributed by atoms with van der Waals surface area (Å²) in [6, 6.07) is 18.0. The minimum Gasteiger partial charge on any atom is -0.361 e. The predicted octanol–water partition coefficient (Wildman–Crippen LogP) is 3.67. The Morgan fingerprint density at radius 2 is 1.55 bits per heavy atom. The summed E-state index contributed by atoms with van der Waals surface area (Å²) in [5, 5.41) is 13.4. The van der Waals surface area contributed by atoms with Gasteiger partial charge < -0.3 is 15.2 Å². The number of hydrogen-bond acceptors (Lipinski definition) is 5. The van der Waals surface area contributed by atoms with Gasteiger partial charge >= 0.3 is 0 Å². The van der Waals surface area contributed by atoms with Crippen molar-refractivity contribution in [2.45, 2.75) is 6.92 Å². The van der Waals surface area contributed by atoms with E-state index in [1.165, 1.54) is 6.20 Å². The van der Waals surface area contributed by atoms with Crippen molar-refractivity contribution in [3.63, 3.8) is 0 Å². The van der Waals surface area contributed by atoms with Crippen LogP contribution in [0, 0.1) is 6.92 Å². The van der Waals surface area contributed by atoms with Crippen molar-refractivity contribution in [2.24, 2.45) is 0 Å². The molecule has 2 amide bonds. The minimum absolute atomic E-state index is 0.300. The van der Waals surface area contributed by atoms with Gasteiger partial charge in [-0.3, -0.25) is 9.59 Å². The number of carbonyl (C=O) groups excluding carboxylic acids is 2. The van der Waals surface area contributed by atoms with Crippen molar-refractivity contribution in [3.8, 4) is 5.69 Å². The Balaban J connectivity index is 1.40. The number of amides is 2. The van der Waals surface area contributed by atoms with E-state index in [1.807, 2.05) is 30.3 Å². The fourth-order valence-corrected chi connectivity index (χ4v) is 2.72. The van der Waals surface area contributed by atoms with Crippen molar-refractivity contribution in [2.75, 3.05) is 10.6 Å². The van der Waals surface area contributed by atoms with Gasteiger partial charge in [-0.15, -0.1) is 0 Å². The lowest BCUT2D eigenvalue weighted by molar-refractivity contribution is 0.101. The molecule has 0 aliphatic rings. The Kier molecular flexibility index (Phi) is 4.90. The number of carbonyl (C=O) groups is 2. The molecule has 0 spiro atoms. The van der Waals surface area contributed by atoms with Gasteiger partial charge in [0.15, 0.2) is 5.69 Å². The van der Waals surface area contributed by atoms with Crippen LogP contribution < -0.4 is 10.6 Å². The maximum Gasteiger partial charge on any atom is 0.276 e. The number of hydrogen-bond donors (Lipinski definition) is 2. The number of anilines is 2. The van der Waals surface area contributed by atoms with E-state index >= 15 is 0 Å². The van der Waals surface area contributed by atoms with Crippen LogP contribution in [0.2, 0.25) is 0 Å². The summed E-state index contributed by atoms with van der Waals surface area (Å²) in [7, 11) is 0. The molecule has 2 N–H and O–H groups in total. The summed E-state index contributed by atoms with van der Waals surface area (Å²) in [5.41, 5.74) is 2.71. The molecule has 0 radical (unpaired) electrons. The minimum atomic E-state index is -0.323. The molecular weight excluding hydrogens is 370 g/mol. The topological polar surface area (TPSA) is 102 Å². The maximum atomic E-state index is 12.4. The number of para-hydroxylation sites is 1. The number of aromatic nitrogens is 3. The van der Waals surface area contributed by atoms with Gasteiger partial charge in [0.05, 0.1) is 11.9 Å². The highest BCUT2D eigenvalue weighted by atomic mass is 16.5. The van der Waals surface area contributed by atoms with Gasteiger partial charge in [-0.05, 0) is 49.4 Å². The molecule has 0 unspecified atom stereocenters. The van der Waals surface area contributed by atoms with Gasteiger partial charge in [-0.1, -0.05) is 23.4 Å². The van der Waals surface area contributed by atoms with Crippen LogP contribution in [0.5, 0.6) is 0 Å². The van der Waals surface area contributed by atoms with Crippen LogP contribution in [0.15, 0.2) is 77.6 Å². The fraction of sp³-hybridized carbons (Fsp3) is 0.0476. The normalized spacial score (nSPS) is 10.5. The van der Waals surface area contributed by atoms with Gasteiger partial charge in [-0.2, -0.15) is 5.10 Å². The number of rotatable bonds is 5. The van der Waals surface area contributed by atoms with Crippen molar-refractivity contribution >= 4 is 23.2 Å². The third-order valence-electron chi connectivity index (χ3n) is 4.24. The van der Waals surface area contributed by atoms with Crippen LogP contribution in [0.1, 0.15) is 26.6 Å². The Hall–Kier alpha value is -4.20. The molecule has 2 aromatic heterocycles. The van der Waals surface area contributed by atoms with Crippen LogP contribution in [0.3, 0.4) is 0 Å². The Morgan fingerprint density at radius 3 is 2.17 bits per heavy atom. The zero-order chi connectivity index (χ0) is 20.2. The molecule has 0 atom stereocenters. The third kappa shape index (κ3) is 4.06. The van der Waals surface area contributed by atoms with Crippen molar-refractivity contribution < 1.29 is 14.1 Å². The van der Waals surface area contributed by atoms with Crippen LogP contribution in [-0.4, -0.2) is 26.8 Å². The fourth-order valence-electron chi connectivity index (χ4n) is 2.72. The lowest BCUT2D eigenvalue weighted by Gasteiger charge is -2.07. The molecule has 0 aliphatic heterocycles. The molecule has 0 aliphatic carbocycles. The zero-order valence-electron chi connectivity index (χ0n) is 15.5. The van der Waals surface area contributed by atoms with Crippen LogP contribution >= 0.6 is 0 Å². The quantitative estimate of drug-likeness (QED) is 0.544. The smallest absolute Gasteiger partial charge is 0.276 e. The average molecular weight is 387 g/mol. The Bertz CT molecular complexity index is 1150. The highest BCUT2D eigenvalue weighted by Gasteiger charge is 2.14. The molecule has 0 saturated carbocycles. The summed E-state index contributed by atoms with van der Waals surface area (Å²) in [6.07, 6.45) is 3.10. The number of benzene rings is 2. The second-order valence-electron chi connectivity index (χ2n) is 6.26. The third-order valence-corrected chi connectivity index (χ3v) is 4.24. The standard InChI is InChI=1S/C21H17N5O3/c1-14-18(13-22-29-14)20(27)23-15-7-9-16(10-8-15)24-21(28)19-11-12-26(25-19)17-5-3-2-4-6-17/h2-13H,1H3,(H,23,27)(H,24,28). The Morgan fingerprint density at radius 1 is 0.897 bits per heavy atom. The highest BCUT2D eigenvalue weighted by molar-refractivity contribution is 6.05. The molecule has 29 heavy (non-hydrogen) atoms. The molecule has 0 saturated heterocycles. The van der Waals surface area contributed by atoms with E-state index in [1.54, 1.807) is 48.1 Å². The molecule has 4 rings (SSSR count). The molecule has 8 nitrogen and oxygen atoms in total. The van der Waals surface area contributed by atoms with Gasteiger partial charge in [0.25, 0.3) is 11.8 Å².